The molecule has 0 bridgehead atoms. The summed E-state index contributed by atoms with van der Waals surface area (Å²) >= 11 is 1.27. The molecule has 2 N–H and O–H groups in total. The van der Waals surface area contributed by atoms with Gasteiger partial charge in [-0.2, -0.15) is 9.61 Å². The normalized spacial score (nSPS) is 15.0. The Morgan fingerprint density at radius 2 is 1.96 bits per heavy atom. The van der Waals surface area contributed by atoms with Crippen LogP contribution in [0.25, 0.3) is 5.78 Å². The maximum absolute atomic E-state index is 12.3. The van der Waals surface area contributed by atoms with Gasteiger partial charge in [0.05, 0.1) is 5.75 Å². The summed E-state index contributed by atoms with van der Waals surface area (Å²) in [5.41, 5.74) is 1.09. The van der Waals surface area contributed by atoms with Crippen molar-refractivity contribution < 1.29 is 4.79 Å². The number of thioether (sulfide) groups is 1. The first kappa shape index (κ1) is 18.7. The molecule has 28 heavy (non-hydrogen) atoms. The van der Waals surface area contributed by atoms with E-state index >= 15 is 0 Å². The van der Waals surface area contributed by atoms with E-state index in [1.54, 1.807) is 0 Å². The molecule has 1 saturated carbocycles. The molecule has 1 aliphatic carbocycles. The van der Waals surface area contributed by atoms with E-state index in [0.29, 0.717) is 17.3 Å². The molecule has 4 rings (SSSR count). The van der Waals surface area contributed by atoms with Gasteiger partial charge < -0.3 is 5.32 Å². The Morgan fingerprint density at radius 3 is 2.75 bits per heavy atom. The minimum Gasteiger partial charge on any atom is -0.353 e. The van der Waals surface area contributed by atoms with Crippen LogP contribution in [0.4, 0.5) is 0 Å². The molecular weight excluding hydrogens is 376 g/mol. The zero-order valence-electron chi connectivity index (χ0n) is 15.4. The van der Waals surface area contributed by atoms with E-state index in [0.717, 1.165) is 18.4 Å². The summed E-state index contributed by atoms with van der Waals surface area (Å²) < 4.78 is 1.50. The van der Waals surface area contributed by atoms with Gasteiger partial charge in [-0.05, 0) is 18.4 Å². The third-order valence-corrected chi connectivity index (χ3v) is 5.76. The van der Waals surface area contributed by atoms with Crippen LogP contribution in [-0.4, -0.2) is 42.5 Å². The van der Waals surface area contributed by atoms with Crippen LogP contribution in [0.1, 0.15) is 43.4 Å². The number of hydrogen-bond acceptors (Lipinski definition) is 6. The number of rotatable bonds is 6. The number of carbonyl (C=O) groups is 1. The Bertz CT molecular complexity index is 1010. The first-order valence-electron chi connectivity index (χ1n) is 9.50. The lowest BCUT2D eigenvalue weighted by atomic mass is 9.95. The van der Waals surface area contributed by atoms with Gasteiger partial charge in [0.2, 0.25) is 11.1 Å². The van der Waals surface area contributed by atoms with Gasteiger partial charge >= 0.3 is 0 Å². The maximum atomic E-state index is 12.3. The Balaban J connectivity index is 1.46. The van der Waals surface area contributed by atoms with E-state index in [9.17, 15) is 9.59 Å². The molecule has 9 heteroatoms. The van der Waals surface area contributed by atoms with Gasteiger partial charge in [-0.25, -0.2) is 0 Å². The summed E-state index contributed by atoms with van der Waals surface area (Å²) in [6.07, 6.45) is 6.12. The Morgan fingerprint density at radius 1 is 1.18 bits per heavy atom. The molecule has 146 valence electrons. The zero-order chi connectivity index (χ0) is 19.3. The second-order valence-electron chi connectivity index (χ2n) is 6.97. The number of carbonyl (C=O) groups excluding carboxylic acids is 1. The van der Waals surface area contributed by atoms with Crippen molar-refractivity contribution in [1.29, 1.82) is 0 Å². The average molecular weight is 398 g/mol. The molecule has 1 fully saturated rings. The molecule has 0 atom stereocenters. The quantitative estimate of drug-likeness (QED) is 0.615. The molecule has 1 amide bonds. The van der Waals surface area contributed by atoms with Crippen molar-refractivity contribution in [2.75, 3.05) is 5.75 Å². The molecular formula is C19H22N6O2S. The number of H-pyrrole nitrogens is 1. The van der Waals surface area contributed by atoms with E-state index in [-0.39, 0.29) is 29.0 Å². The number of nitrogens with one attached hydrogen (secondary N) is 2. The number of amides is 1. The lowest BCUT2D eigenvalue weighted by molar-refractivity contribution is -0.119. The molecule has 1 aromatic carbocycles. The number of hydrogen-bond donors (Lipinski definition) is 2. The van der Waals surface area contributed by atoms with E-state index in [1.807, 2.05) is 30.3 Å². The third-order valence-electron chi connectivity index (χ3n) is 4.84. The molecule has 2 heterocycles. The van der Waals surface area contributed by atoms with Crippen LogP contribution < -0.4 is 10.9 Å². The van der Waals surface area contributed by atoms with Gasteiger partial charge in [0.1, 0.15) is 5.69 Å². The molecule has 0 spiro atoms. The number of aromatic nitrogens is 5. The first-order valence-corrected chi connectivity index (χ1v) is 10.5. The van der Waals surface area contributed by atoms with Crippen LogP contribution in [0.2, 0.25) is 0 Å². The molecule has 0 saturated heterocycles. The van der Waals surface area contributed by atoms with Crippen molar-refractivity contribution in [3.05, 3.63) is 51.9 Å². The smallest absolute Gasteiger partial charge is 0.274 e. The van der Waals surface area contributed by atoms with Crippen LogP contribution in [0, 0.1) is 0 Å². The van der Waals surface area contributed by atoms with Crippen molar-refractivity contribution in [3.63, 3.8) is 0 Å². The highest BCUT2D eigenvalue weighted by Gasteiger charge is 2.17. The molecule has 0 radical (unpaired) electrons. The minimum absolute atomic E-state index is 0.0115. The third kappa shape index (κ3) is 4.41. The van der Waals surface area contributed by atoms with Gasteiger partial charge in [0.15, 0.2) is 0 Å². The average Bonchev–Trinajstić information content (AvgIpc) is 3.10. The summed E-state index contributed by atoms with van der Waals surface area (Å²) in [6, 6.07) is 9.95. The standard InChI is InChI=1S/C19H22N6O2S/c26-16(20-14-9-5-2-6-10-14)12-28-19-23-22-18-21-17(27)15(24-25(18)19)11-13-7-3-1-4-8-13/h1,3-4,7-8,14H,2,5-6,9-12H2,(H,20,26)(H,21,22,27). The SMILES string of the molecule is O=C(CSc1nnc2[nH]c(=O)c(Cc3ccccc3)nn12)NC1CCCCC1. The zero-order valence-corrected chi connectivity index (χ0v) is 16.2. The van der Waals surface area contributed by atoms with Gasteiger partial charge in [0.25, 0.3) is 11.3 Å². The van der Waals surface area contributed by atoms with E-state index < -0.39 is 0 Å². The number of fused-ring (bicyclic) bond motifs is 1. The molecule has 2 aromatic heterocycles. The van der Waals surface area contributed by atoms with Gasteiger partial charge in [-0.3, -0.25) is 14.6 Å². The predicted molar refractivity (Wildman–Crippen MR) is 106 cm³/mol. The number of nitrogens with zero attached hydrogens (tertiary/aromatic N) is 4. The van der Waals surface area contributed by atoms with Crippen molar-refractivity contribution in [2.24, 2.45) is 0 Å². The fourth-order valence-corrected chi connectivity index (χ4v) is 4.11. The second kappa shape index (κ2) is 8.55. The van der Waals surface area contributed by atoms with E-state index in [1.165, 1.54) is 35.5 Å². The van der Waals surface area contributed by atoms with Crippen molar-refractivity contribution in [2.45, 2.75) is 49.7 Å². The fraction of sp³-hybridized carbons (Fsp3) is 0.421. The summed E-state index contributed by atoms with van der Waals surface area (Å²) in [6.45, 7) is 0. The van der Waals surface area contributed by atoms with Crippen LogP contribution in [0.5, 0.6) is 0 Å². The molecule has 0 unspecified atom stereocenters. The highest BCUT2D eigenvalue weighted by atomic mass is 32.2. The Labute approximate surface area is 166 Å². The van der Waals surface area contributed by atoms with Gasteiger partial charge in [-0.15, -0.1) is 10.2 Å². The highest BCUT2D eigenvalue weighted by molar-refractivity contribution is 7.99. The fourth-order valence-electron chi connectivity index (χ4n) is 3.41. The monoisotopic (exact) mass is 398 g/mol. The molecule has 3 aromatic rings. The number of benzene rings is 1. The van der Waals surface area contributed by atoms with Crippen LogP contribution in [0.15, 0.2) is 40.3 Å². The topological polar surface area (TPSA) is 105 Å². The van der Waals surface area contributed by atoms with Gasteiger partial charge in [-0.1, -0.05) is 61.4 Å². The Kier molecular flexibility index (Phi) is 5.70. The minimum atomic E-state index is -0.282. The van der Waals surface area contributed by atoms with Gasteiger partial charge in [0, 0.05) is 12.5 Å². The summed E-state index contributed by atoms with van der Waals surface area (Å²) in [5.74, 6) is 0.506. The summed E-state index contributed by atoms with van der Waals surface area (Å²) in [7, 11) is 0. The largest absolute Gasteiger partial charge is 0.353 e. The van der Waals surface area contributed by atoms with Crippen molar-refractivity contribution >= 4 is 23.4 Å². The molecule has 1 aliphatic rings. The Hall–Kier alpha value is -2.68. The first-order chi connectivity index (χ1) is 13.7. The van der Waals surface area contributed by atoms with Crippen LogP contribution >= 0.6 is 11.8 Å². The van der Waals surface area contributed by atoms with Crippen molar-refractivity contribution in [3.8, 4) is 0 Å². The second-order valence-corrected chi connectivity index (χ2v) is 7.91. The summed E-state index contributed by atoms with van der Waals surface area (Å²) in [4.78, 5) is 27.2. The predicted octanol–water partition coefficient (Wildman–Crippen LogP) is 1.94. The highest BCUT2D eigenvalue weighted by Crippen LogP contribution is 2.19. The van der Waals surface area contributed by atoms with Crippen molar-refractivity contribution in [1.82, 2.24) is 30.1 Å². The van der Waals surface area contributed by atoms with Crippen LogP contribution in [-0.2, 0) is 11.2 Å². The molecule has 8 nitrogen and oxygen atoms in total. The summed E-state index contributed by atoms with van der Waals surface area (Å²) in [5, 5.41) is 16.0. The van der Waals surface area contributed by atoms with Crippen LogP contribution in [0.3, 0.4) is 0 Å². The lowest BCUT2D eigenvalue weighted by Crippen LogP contribution is -2.37. The van der Waals surface area contributed by atoms with E-state index in [2.05, 4.69) is 25.6 Å². The van der Waals surface area contributed by atoms with E-state index in [4.69, 9.17) is 0 Å². The number of aromatic amines is 1. The lowest BCUT2D eigenvalue weighted by Gasteiger charge is -2.22. The molecule has 0 aliphatic heterocycles. The maximum Gasteiger partial charge on any atom is 0.274 e.